The number of nitrogens with two attached hydrogens (primary N) is 1. The molecule has 0 aliphatic carbocycles. The van der Waals surface area contributed by atoms with Crippen LogP contribution >= 0.6 is 11.8 Å². The number of hydrogen-bond donors (Lipinski definition) is 2. The molecule has 0 saturated carbocycles. The molecule has 1 unspecified atom stereocenters. The summed E-state index contributed by atoms with van der Waals surface area (Å²) in [4.78, 5) is 13.1. The first-order chi connectivity index (χ1) is 8.60. The molecule has 1 atom stereocenters. The van der Waals surface area contributed by atoms with Gasteiger partial charge in [0.25, 0.3) is 0 Å². The highest BCUT2D eigenvalue weighted by molar-refractivity contribution is 7.99. The van der Waals surface area contributed by atoms with Crippen LogP contribution in [0.15, 0.2) is 23.1 Å². The molecule has 0 radical (unpaired) electrons. The molecule has 0 saturated heterocycles. The van der Waals surface area contributed by atoms with Crippen molar-refractivity contribution in [3.8, 4) is 0 Å². The summed E-state index contributed by atoms with van der Waals surface area (Å²) in [5.41, 5.74) is 6.13. The van der Waals surface area contributed by atoms with E-state index in [-0.39, 0.29) is 12.3 Å². The van der Waals surface area contributed by atoms with Crippen molar-refractivity contribution in [3.05, 3.63) is 29.3 Å². The predicted molar refractivity (Wildman–Crippen MR) is 74.0 cm³/mol. The Morgan fingerprint density at radius 2 is 2.28 bits per heavy atom. The number of carbonyl (C=O) groups is 1. The molecule has 0 amide bonds. The predicted octanol–water partition coefficient (Wildman–Crippen LogP) is 2.31. The zero-order valence-corrected chi connectivity index (χ0v) is 11.4. The lowest BCUT2D eigenvalue weighted by Gasteiger charge is -2.26. The highest BCUT2D eigenvalue weighted by Gasteiger charge is 2.27. The van der Waals surface area contributed by atoms with E-state index >= 15 is 0 Å². The van der Waals surface area contributed by atoms with Gasteiger partial charge in [-0.2, -0.15) is 0 Å². The molecule has 1 heterocycles. The molecule has 1 aromatic carbocycles. The maximum Gasteiger partial charge on any atom is 0.164 e. The molecule has 0 bridgehead atoms. The third kappa shape index (κ3) is 2.46. The third-order valence-electron chi connectivity index (χ3n) is 3.55. The molecule has 3 nitrogen and oxygen atoms in total. The molecule has 4 heteroatoms. The highest BCUT2D eigenvalue weighted by atomic mass is 32.2. The van der Waals surface area contributed by atoms with Gasteiger partial charge in [0, 0.05) is 23.4 Å². The first-order valence-corrected chi connectivity index (χ1v) is 7.32. The maximum absolute atomic E-state index is 12.0. The third-order valence-corrected chi connectivity index (χ3v) is 4.71. The smallest absolute Gasteiger partial charge is 0.164 e. The Morgan fingerprint density at radius 3 is 2.94 bits per heavy atom. The minimum absolute atomic E-state index is 0.170. The van der Waals surface area contributed by atoms with Gasteiger partial charge in [0.2, 0.25) is 0 Å². The Hall–Kier alpha value is -0.840. The zero-order chi connectivity index (χ0) is 13.2. The molecular formula is C14H19NO2S. The molecule has 1 aliphatic heterocycles. The van der Waals surface area contributed by atoms with Crippen LogP contribution in [-0.2, 0) is 5.60 Å². The van der Waals surface area contributed by atoms with Crippen molar-refractivity contribution in [1.29, 1.82) is 0 Å². The van der Waals surface area contributed by atoms with Crippen molar-refractivity contribution in [3.63, 3.8) is 0 Å². The summed E-state index contributed by atoms with van der Waals surface area (Å²) < 4.78 is 0. The summed E-state index contributed by atoms with van der Waals surface area (Å²) in [5.74, 6) is 1.15. The minimum atomic E-state index is -1.02. The van der Waals surface area contributed by atoms with Crippen molar-refractivity contribution in [1.82, 2.24) is 0 Å². The van der Waals surface area contributed by atoms with Crippen molar-refractivity contribution in [2.45, 2.75) is 36.7 Å². The van der Waals surface area contributed by atoms with Gasteiger partial charge in [-0.05, 0) is 36.3 Å². The molecule has 1 aromatic rings. The first kappa shape index (κ1) is 13.6. The summed E-state index contributed by atoms with van der Waals surface area (Å²) in [7, 11) is 0. The Labute approximate surface area is 112 Å². The second-order valence-electron chi connectivity index (χ2n) is 4.68. The van der Waals surface area contributed by atoms with Crippen LogP contribution in [0.1, 0.15) is 42.1 Å². The van der Waals surface area contributed by atoms with E-state index in [0.717, 1.165) is 28.2 Å². The van der Waals surface area contributed by atoms with Gasteiger partial charge in [-0.25, -0.2) is 0 Å². The van der Waals surface area contributed by atoms with Gasteiger partial charge in [-0.1, -0.05) is 13.0 Å². The minimum Gasteiger partial charge on any atom is -0.384 e. The zero-order valence-electron chi connectivity index (χ0n) is 10.6. The van der Waals surface area contributed by atoms with Crippen LogP contribution in [0.4, 0.5) is 0 Å². The lowest BCUT2D eigenvalue weighted by Crippen LogP contribution is -2.34. The fraction of sp³-hybridized carbons (Fsp3) is 0.500. The molecule has 0 aromatic heterocycles. The van der Waals surface area contributed by atoms with Gasteiger partial charge in [0.1, 0.15) is 5.60 Å². The SMILES string of the molecule is CCC(O)(CN)c1ccc2c(c1)C(=O)CCCS2. The molecule has 18 heavy (non-hydrogen) atoms. The van der Waals surface area contributed by atoms with E-state index in [1.165, 1.54) is 0 Å². The Balaban J connectivity index is 2.45. The fourth-order valence-electron chi connectivity index (χ4n) is 2.18. The van der Waals surface area contributed by atoms with E-state index in [1.54, 1.807) is 11.8 Å². The number of carbonyl (C=O) groups excluding carboxylic acids is 1. The lowest BCUT2D eigenvalue weighted by atomic mass is 9.89. The standard InChI is InChI=1S/C14H19NO2S/c1-2-14(17,9-15)10-5-6-13-11(8-10)12(16)4-3-7-18-13/h5-6,8,17H,2-4,7,9,15H2,1H3. The first-order valence-electron chi connectivity index (χ1n) is 6.33. The normalized spacial score (nSPS) is 18.9. The van der Waals surface area contributed by atoms with Gasteiger partial charge >= 0.3 is 0 Å². The van der Waals surface area contributed by atoms with Gasteiger partial charge in [0.05, 0.1) is 0 Å². The molecule has 0 spiro atoms. The summed E-state index contributed by atoms with van der Waals surface area (Å²) >= 11 is 1.71. The second kappa shape index (κ2) is 5.43. The molecule has 98 valence electrons. The molecule has 0 fully saturated rings. The van der Waals surface area contributed by atoms with E-state index < -0.39 is 5.60 Å². The van der Waals surface area contributed by atoms with Crippen molar-refractivity contribution in [2.75, 3.05) is 12.3 Å². The van der Waals surface area contributed by atoms with E-state index in [0.29, 0.717) is 12.8 Å². The number of thioether (sulfide) groups is 1. The number of benzene rings is 1. The second-order valence-corrected chi connectivity index (χ2v) is 5.81. The van der Waals surface area contributed by atoms with Crippen LogP contribution in [0.25, 0.3) is 0 Å². The average Bonchev–Trinajstić information content (AvgIpc) is 2.60. The Morgan fingerprint density at radius 1 is 1.50 bits per heavy atom. The van der Waals surface area contributed by atoms with Crippen LogP contribution < -0.4 is 5.73 Å². The van der Waals surface area contributed by atoms with Crippen LogP contribution in [-0.4, -0.2) is 23.2 Å². The lowest BCUT2D eigenvalue weighted by molar-refractivity contribution is 0.0417. The number of fused-ring (bicyclic) bond motifs is 1. The van der Waals surface area contributed by atoms with Crippen LogP contribution in [0.2, 0.25) is 0 Å². The van der Waals surface area contributed by atoms with Crippen molar-refractivity contribution in [2.24, 2.45) is 5.73 Å². The summed E-state index contributed by atoms with van der Waals surface area (Å²) in [6.07, 6.45) is 2.06. The van der Waals surface area contributed by atoms with E-state index in [1.807, 2.05) is 25.1 Å². The number of aliphatic hydroxyl groups is 1. The Kier molecular flexibility index (Phi) is 4.10. The summed E-state index contributed by atoms with van der Waals surface area (Å²) in [6.45, 7) is 2.07. The van der Waals surface area contributed by atoms with Crippen molar-refractivity contribution >= 4 is 17.5 Å². The maximum atomic E-state index is 12.0. The summed E-state index contributed by atoms with van der Waals surface area (Å²) in [6, 6.07) is 5.65. The van der Waals surface area contributed by atoms with Gasteiger partial charge in [0.15, 0.2) is 5.78 Å². The largest absolute Gasteiger partial charge is 0.384 e. The quantitative estimate of drug-likeness (QED) is 0.880. The number of ketones is 1. The monoisotopic (exact) mass is 265 g/mol. The number of hydrogen-bond acceptors (Lipinski definition) is 4. The Bertz CT molecular complexity index is 455. The average molecular weight is 265 g/mol. The van der Waals surface area contributed by atoms with E-state index in [4.69, 9.17) is 5.73 Å². The van der Waals surface area contributed by atoms with Gasteiger partial charge in [-0.3, -0.25) is 4.79 Å². The van der Waals surface area contributed by atoms with Crippen molar-refractivity contribution < 1.29 is 9.90 Å². The van der Waals surface area contributed by atoms with Gasteiger partial charge < -0.3 is 10.8 Å². The van der Waals surface area contributed by atoms with E-state index in [9.17, 15) is 9.90 Å². The van der Waals surface area contributed by atoms with Crippen LogP contribution in [0, 0.1) is 0 Å². The number of rotatable bonds is 3. The number of Topliss-reactive ketones (excluding diaryl/α,β-unsaturated/α-hetero) is 1. The van der Waals surface area contributed by atoms with Crippen LogP contribution in [0.3, 0.4) is 0 Å². The van der Waals surface area contributed by atoms with E-state index in [2.05, 4.69) is 0 Å². The topological polar surface area (TPSA) is 63.3 Å². The van der Waals surface area contributed by atoms with Crippen LogP contribution in [0.5, 0.6) is 0 Å². The fourth-order valence-corrected chi connectivity index (χ4v) is 3.18. The highest BCUT2D eigenvalue weighted by Crippen LogP contribution is 2.33. The molecular weight excluding hydrogens is 246 g/mol. The molecule has 1 aliphatic rings. The molecule has 2 rings (SSSR count). The molecule has 3 N–H and O–H groups in total. The summed E-state index contributed by atoms with van der Waals surface area (Å²) in [5, 5.41) is 10.4. The van der Waals surface area contributed by atoms with Gasteiger partial charge in [-0.15, -0.1) is 11.8 Å².